The SMILES string of the molecule is CN1CC(NC(=O)c2ccc(=O)[nH]n2)CCC1=O. The van der Waals surface area contributed by atoms with E-state index in [0.717, 1.165) is 0 Å². The molecule has 0 bridgehead atoms. The summed E-state index contributed by atoms with van der Waals surface area (Å²) < 4.78 is 0. The van der Waals surface area contributed by atoms with Crippen molar-refractivity contribution in [2.75, 3.05) is 13.6 Å². The summed E-state index contributed by atoms with van der Waals surface area (Å²) in [6, 6.07) is 2.54. The predicted octanol–water partition coefficient (Wildman–Crippen LogP) is -0.879. The summed E-state index contributed by atoms with van der Waals surface area (Å²) in [5, 5.41) is 8.64. The highest BCUT2D eigenvalue weighted by Gasteiger charge is 2.24. The number of H-pyrrole nitrogens is 1. The van der Waals surface area contributed by atoms with Gasteiger partial charge in [-0.3, -0.25) is 14.4 Å². The summed E-state index contributed by atoms with van der Waals surface area (Å²) in [5.41, 5.74) is -0.191. The Kier molecular flexibility index (Phi) is 3.40. The molecule has 7 nitrogen and oxygen atoms in total. The fourth-order valence-corrected chi connectivity index (χ4v) is 1.86. The normalized spacial score (nSPS) is 19.7. The molecule has 1 aliphatic rings. The molecule has 2 rings (SSSR count). The molecule has 2 N–H and O–H groups in total. The number of aromatic nitrogens is 2. The van der Waals surface area contributed by atoms with Crippen molar-refractivity contribution < 1.29 is 9.59 Å². The van der Waals surface area contributed by atoms with E-state index in [0.29, 0.717) is 19.4 Å². The second-order valence-corrected chi connectivity index (χ2v) is 4.29. The summed E-state index contributed by atoms with van der Waals surface area (Å²) in [5.74, 6) is -0.262. The molecule has 1 fully saturated rings. The van der Waals surface area contributed by atoms with Crippen LogP contribution in [0, 0.1) is 0 Å². The Hall–Kier alpha value is -2.18. The number of hydrogen-bond donors (Lipinski definition) is 2. The van der Waals surface area contributed by atoms with E-state index in [9.17, 15) is 14.4 Å². The first-order chi connectivity index (χ1) is 8.56. The first-order valence-corrected chi connectivity index (χ1v) is 5.67. The van der Waals surface area contributed by atoms with E-state index in [1.54, 1.807) is 11.9 Å². The molecule has 0 aromatic carbocycles. The molecule has 2 amide bonds. The van der Waals surface area contributed by atoms with Crippen molar-refractivity contribution in [3.8, 4) is 0 Å². The number of piperidine rings is 1. The van der Waals surface area contributed by atoms with Gasteiger partial charge in [0, 0.05) is 32.1 Å². The summed E-state index contributed by atoms with van der Waals surface area (Å²) >= 11 is 0. The average molecular weight is 250 g/mol. The Labute approximate surface area is 103 Å². The van der Waals surface area contributed by atoms with Crippen molar-refractivity contribution in [3.05, 3.63) is 28.2 Å². The van der Waals surface area contributed by atoms with Crippen molar-refractivity contribution in [2.24, 2.45) is 0 Å². The smallest absolute Gasteiger partial charge is 0.271 e. The molecule has 7 heteroatoms. The number of likely N-dealkylation sites (N-methyl/N-ethyl adjacent to an activating group) is 1. The maximum absolute atomic E-state index is 11.8. The third-order valence-electron chi connectivity index (χ3n) is 2.87. The highest BCUT2D eigenvalue weighted by Crippen LogP contribution is 2.09. The van der Waals surface area contributed by atoms with Crippen LogP contribution in [-0.2, 0) is 4.79 Å². The minimum atomic E-state index is -0.352. The van der Waals surface area contributed by atoms with E-state index in [4.69, 9.17) is 0 Å². The molecule has 1 aliphatic heterocycles. The maximum atomic E-state index is 11.8. The van der Waals surface area contributed by atoms with Crippen LogP contribution in [0.2, 0.25) is 0 Å². The van der Waals surface area contributed by atoms with Crippen LogP contribution >= 0.6 is 0 Å². The van der Waals surface area contributed by atoms with Gasteiger partial charge in [-0.25, -0.2) is 5.10 Å². The van der Waals surface area contributed by atoms with Gasteiger partial charge in [0.25, 0.3) is 11.5 Å². The first-order valence-electron chi connectivity index (χ1n) is 5.67. The largest absolute Gasteiger partial charge is 0.346 e. The van der Waals surface area contributed by atoms with Crippen LogP contribution in [0.25, 0.3) is 0 Å². The Morgan fingerprint density at radius 1 is 1.50 bits per heavy atom. The summed E-state index contributed by atoms with van der Waals surface area (Å²) in [7, 11) is 1.71. The molecule has 1 aromatic rings. The zero-order valence-corrected chi connectivity index (χ0v) is 9.97. The summed E-state index contributed by atoms with van der Waals surface area (Å²) in [6.07, 6.45) is 1.05. The lowest BCUT2D eigenvalue weighted by Crippen LogP contribution is -2.48. The lowest BCUT2D eigenvalue weighted by Gasteiger charge is -2.29. The second kappa shape index (κ2) is 4.99. The van der Waals surface area contributed by atoms with Gasteiger partial charge in [-0.2, -0.15) is 5.10 Å². The predicted molar refractivity (Wildman–Crippen MR) is 63.0 cm³/mol. The zero-order chi connectivity index (χ0) is 13.1. The Morgan fingerprint density at radius 3 is 2.89 bits per heavy atom. The summed E-state index contributed by atoms with van der Waals surface area (Å²) in [4.78, 5) is 35.5. The Morgan fingerprint density at radius 2 is 2.28 bits per heavy atom. The molecule has 1 saturated heterocycles. The highest BCUT2D eigenvalue weighted by atomic mass is 16.2. The molecular weight excluding hydrogens is 236 g/mol. The molecule has 96 valence electrons. The number of amides is 2. The quantitative estimate of drug-likeness (QED) is 0.712. The van der Waals surface area contributed by atoms with Crippen LogP contribution in [0.15, 0.2) is 16.9 Å². The monoisotopic (exact) mass is 250 g/mol. The second-order valence-electron chi connectivity index (χ2n) is 4.29. The Balaban J connectivity index is 1.97. The van der Waals surface area contributed by atoms with E-state index in [2.05, 4.69) is 15.5 Å². The van der Waals surface area contributed by atoms with E-state index in [1.165, 1.54) is 12.1 Å². The van der Waals surface area contributed by atoms with Crippen molar-refractivity contribution in [1.82, 2.24) is 20.4 Å². The van der Waals surface area contributed by atoms with Crippen molar-refractivity contribution in [2.45, 2.75) is 18.9 Å². The third kappa shape index (κ3) is 2.73. The maximum Gasteiger partial charge on any atom is 0.271 e. The molecule has 18 heavy (non-hydrogen) atoms. The fraction of sp³-hybridized carbons (Fsp3) is 0.455. The number of hydrogen-bond acceptors (Lipinski definition) is 4. The lowest BCUT2D eigenvalue weighted by atomic mass is 10.1. The van der Waals surface area contributed by atoms with Crippen molar-refractivity contribution in [3.63, 3.8) is 0 Å². The summed E-state index contributed by atoms with van der Waals surface area (Å²) in [6.45, 7) is 0.494. The van der Waals surface area contributed by atoms with Gasteiger partial charge in [0.15, 0.2) is 0 Å². The third-order valence-corrected chi connectivity index (χ3v) is 2.87. The van der Waals surface area contributed by atoms with E-state index < -0.39 is 0 Å². The van der Waals surface area contributed by atoms with Crippen LogP contribution in [0.5, 0.6) is 0 Å². The standard InChI is InChI=1S/C11H14N4O3/c1-15-6-7(2-5-10(15)17)12-11(18)8-3-4-9(16)14-13-8/h3-4,7H,2,5-6H2,1H3,(H,12,18)(H,14,16). The van der Waals surface area contributed by atoms with Gasteiger partial charge in [-0.05, 0) is 12.5 Å². The topological polar surface area (TPSA) is 95.2 Å². The van der Waals surface area contributed by atoms with Crippen LogP contribution in [0.4, 0.5) is 0 Å². The van der Waals surface area contributed by atoms with Crippen LogP contribution in [-0.4, -0.2) is 46.5 Å². The van der Waals surface area contributed by atoms with Crippen LogP contribution in [0.3, 0.4) is 0 Å². The molecule has 0 spiro atoms. The van der Waals surface area contributed by atoms with Crippen molar-refractivity contribution >= 4 is 11.8 Å². The molecule has 1 unspecified atom stereocenters. The number of aromatic amines is 1. The van der Waals surface area contributed by atoms with E-state index >= 15 is 0 Å². The van der Waals surface area contributed by atoms with Gasteiger partial charge >= 0.3 is 0 Å². The van der Waals surface area contributed by atoms with Crippen LogP contribution < -0.4 is 10.9 Å². The zero-order valence-electron chi connectivity index (χ0n) is 9.97. The molecular formula is C11H14N4O3. The fourth-order valence-electron chi connectivity index (χ4n) is 1.86. The van der Waals surface area contributed by atoms with Gasteiger partial charge in [-0.1, -0.05) is 0 Å². The lowest BCUT2D eigenvalue weighted by molar-refractivity contribution is -0.132. The molecule has 0 aliphatic carbocycles. The van der Waals surface area contributed by atoms with Gasteiger partial charge < -0.3 is 10.2 Å². The molecule has 2 heterocycles. The Bertz CT molecular complexity index is 505. The molecule has 0 saturated carbocycles. The van der Waals surface area contributed by atoms with Gasteiger partial charge in [0.1, 0.15) is 5.69 Å². The van der Waals surface area contributed by atoms with Gasteiger partial charge in [0.05, 0.1) is 0 Å². The van der Waals surface area contributed by atoms with E-state index in [-0.39, 0.29) is 29.1 Å². The number of nitrogens with zero attached hydrogens (tertiary/aromatic N) is 2. The number of likely N-dealkylation sites (tertiary alicyclic amines) is 1. The number of carbonyl (C=O) groups is 2. The van der Waals surface area contributed by atoms with Gasteiger partial charge in [-0.15, -0.1) is 0 Å². The first kappa shape index (κ1) is 12.3. The minimum absolute atomic E-state index is 0.0751. The molecule has 1 atom stereocenters. The average Bonchev–Trinajstić information content (AvgIpc) is 2.34. The molecule has 0 radical (unpaired) electrons. The van der Waals surface area contributed by atoms with Crippen molar-refractivity contribution in [1.29, 1.82) is 0 Å². The number of carbonyl (C=O) groups excluding carboxylic acids is 2. The number of rotatable bonds is 2. The van der Waals surface area contributed by atoms with Gasteiger partial charge in [0.2, 0.25) is 5.91 Å². The minimum Gasteiger partial charge on any atom is -0.346 e. The highest BCUT2D eigenvalue weighted by molar-refractivity contribution is 5.92. The molecule has 1 aromatic heterocycles. The number of nitrogens with one attached hydrogen (secondary N) is 2. The van der Waals surface area contributed by atoms with Crippen LogP contribution in [0.1, 0.15) is 23.3 Å². The van der Waals surface area contributed by atoms with E-state index in [1.807, 2.05) is 0 Å².